The van der Waals surface area contributed by atoms with Gasteiger partial charge in [-0.15, -0.1) is 0 Å². The van der Waals surface area contributed by atoms with E-state index in [2.05, 4.69) is 12.1 Å². The van der Waals surface area contributed by atoms with Gasteiger partial charge in [0.1, 0.15) is 0 Å². The summed E-state index contributed by atoms with van der Waals surface area (Å²) in [6.45, 7) is 2.07. The van der Waals surface area contributed by atoms with Gasteiger partial charge in [-0.2, -0.15) is 0 Å². The third-order valence-electron chi connectivity index (χ3n) is 1.93. The molecule has 1 N–H and O–H groups in total. The lowest BCUT2D eigenvalue weighted by molar-refractivity contribution is 0.376. The molecule has 0 saturated carbocycles. The summed E-state index contributed by atoms with van der Waals surface area (Å²) in [6, 6.07) is 5.67. The minimum absolute atomic E-state index is 0.0346. The number of aryl methyl sites for hydroxylation is 1. The average molecular weight is 163 g/mol. The predicted octanol–water partition coefficient (Wildman–Crippen LogP) is 2.10. The maximum absolute atomic E-state index is 9.17. The molecule has 0 radical (unpaired) electrons. The highest BCUT2D eigenvalue weighted by molar-refractivity contribution is 5.82. The lowest BCUT2D eigenvalue weighted by Gasteiger charge is -1.92. The van der Waals surface area contributed by atoms with Crippen LogP contribution in [-0.4, -0.2) is 10.3 Å². The quantitative estimate of drug-likeness (QED) is 0.700. The fourth-order valence-corrected chi connectivity index (χ4v) is 1.19. The zero-order valence-corrected chi connectivity index (χ0v) is 6.74. The first-order valence-corrected chi connectivity index (χ1v) is 3.88. The molecule has 3 nitrogen and oxygen atoms in total. The molecule has 0 atom stereocenters. The predicted molar refractivity (Wildman–Crippen MR) is 45.1 cm³/mol. The van der Waals surface area contributed by atoms with Crippen molar-refractivity contribution in [3.8, 4) is 5.88 Å². The lowest BCUT2D eigenvalue weighted by atomic mass is 10.1. The standard InChI is InChI=1S/C9H9NO2/c1-2-6-3-4-7-8(5-6)12-10-9(7)11/h3-5H,2H2,1H3,(H,10,11). The molecule has 0 aliphatic carbocycles. The molecule has 12 heavy (non-hydrogen) atoms. The number of nitrogens with zero attached hydrogens (tertiary/aromatic N) is 1. The van der Waals surface area contributed by atoms with Crippen LogP contribution in [0.4, 0.5) is 0 Å². The molecule has 0 spiro atoms. The van der Waals surface area contributed by atoms with Crippen molar-refractivity contribution in [1.82, 2.24) is 5.16 Å². The van der Waals surface area contributed by atoms with E-state index >= 15 is 0 Å². The van der Waals surface area contributed by atoms with Gasteiger partial charge in [-0.1, -0.05) is 13.0 Å². The van der Waals surface area contributed by atoms with E-state index in [9.17, 15) is 0 Å². The Kier molecular flexibility index (Phi) is 1.50. The molecule has 3 heteroatoms. The van der Waals surface area contributed by atoms with E-state index in [1.165, 1.54) is 5.56 Å². The van der Waals surface area contributed by atoms with E-state index in [1.807, 2.05) is 18.2 Å². The van der Waals surface area contributed by atoms with Crippen LogP contribution in [0.1, 0.15) is 12.5 Å². The van der Waals surface area contributed by atoms with Gasteiger partial charge < -0.3 is 9.63 Å². The molecule has 1 aromatic carbocycles. The summed E-state index contributed by atoms with van der Waals surface area (Å²) < 4.78 is 4.89. The van der Waals surface area contributed by atoms with Crippen LogP contribution in [0.2, 0.25) is 0 Å². The number of rotatable bonds is 1. The molecule has 2 rings (SSSR count). The molecule has 0 aliphatic rings. The fourth-order valence-electron chi connectivity index (χ4n) is 1.19. The van der Waals surface area contributed by atoms with E-state index in [-0.39, 0.29) is 5.88 Å². The lowest BCUT2D eigenvalue weighted by Crippen LogP contribution is -1.76. The second kappa shape index (κ2) is 2.52. The van der Waals surface area contributed by atoms with Crippen molar-refractivity contribution in [1.29, 1.82) is 0 Å². The van der Waals surface area contributed by atoms with Gasteiger partial charge in [-0.05, 0) is 29.3 Å². The maximum Gasteiger partial charge on any atom is 0.259 e. The number of hydrogen-bond donors (Lipinski definition) is 1. The van der Waals surface area contributed by atoms with Crippen molar-refractivity contribution < 1.29 is 9.63 Å². The first-order chi connectivity index (χ1) is 5.81. The minimum atomic E-state index is -0.0346. The van der Waals surface area contributed by atoms with Crippen molar-refractivity contribution in [3.63, 3.8) is 0 Å². The zero-order valence-electron chi connectivity index (χ0n) is 6.74. The van der Waals surface area contributed by atoms with Gasteiger partial charge >= 0.3 is 0 Å². The Balaban J connectivity index is 2.69. The second-order valence-corrected chi connectivity index (χ2v) is 2.69. The number of fused-ring (bicyclic) bond motifs is 1. The SMILES string of the molecule is CCc1ccc2c(O)noc2c1. The van der Waals surface area contributed by atoms with E-state index in [1.54, 1.807) is 0 Å². The third kappa shape index (κ3) is 0.942. The highest BCUT2D eigenvalue weighted by Gasteiger charge is 2.05. The van der Waals surface area contributed by atoms with Crippen LogP contribution in [0.25, 0.3) is 11.0 Å². The normalized spacial score (nSPS) is 10.8. The highest BCUT2D eigenvalue weighted by Crippen LogP contribution is 2.24. The summed E-state index contributed by atoms with van der Waals surface area (Å²) in [7, 11) is 0. The molecule has 0 unspecified atom stereocenters. The van der Waals surface area contributed by atoms with Crippen LogP contribution in [0.3, 0.4) is 0 Å². The van der Waals surface area contributed by atoms with E-state index < -0.39 is 0 Å². The van der Waals surface area contributed by atoms with Gasteiger partial charge in [-0.25, -0.2) is 0 Å². The Bertz CT molecular complexity index is 406. The molecule has 1 heterocycles. The topological polar surface area (TPSA) is 46.3 Å². The smallest absolute Gasteiger partial charge is 0.259 e. The number of aromatic hydroxyl groups is 1. The molecular formula is C9H9NO2. The Morgan fingerprint density at radius 1 is 1.50 bits per heavy atom. The van der Waals surface area contributed by atoms with Crippen molar-refractivity contribution >= 4 is 11.0 Å². The van der Waals surface area contributed by atoms with E-state index in [4.69, 9.17) is 9.63 Å². The summed E-state index contributed by atoms with van der Waals surface area (Å²) in [6.07, 6.45) is 0.956. The fraction of sp³-hybridized carbons (Fsp3) is 0.222. The monoisotopic (exact) mass is 163 g/mol. The van der Waals surface area contributed by atoms with Gasteiger partial charge in [-0.3, -0.25) is 0 Å². The summed E-state index contributed by atoms with van der Waals surface area (Å²) in [5.74, 6) is -0.0346. The minimum Gasteiger partial charge on any atom is -0.491 e. The molecule has 62 valence electrons. The van der Waals surface area contributed by atoms with Crippen LogP contribution in [0.5, 0.6) is 5.88 Å². The largest absolute Gasteiger partial charge is 0.491 e. The van der Waals surface area contributed by atoms with Gasteiger partial charge in [0.05, 0.1) is 5.39 Å². The van der Waals surface area contributed by atoms with Gasteiger partial charge in [0.2, 0.25) is 0 Å². The maximum atomic E-state index is 9.17. The summed E-state index contributed by atoms with van der Waals surface area (Å²) in [5.41, 5.74) is 1.82. The zero-order chi connectivity index (χ0) is 8.55. The van der Waals surface area contributed by atoms with Crippen LogP contribution >= 0.6 is 0 Å². The van der Waals surface area contributed by atoms with E-state index in [0.29, 0.717) is 11.0 Å². The Labute approximate surface area is 69.6 Å². The number of hydrogen-bond acceptors (Lipinski definition) is 3. The molecule has 0 amide bonds. The van der Waals surface area contributed by atoms with Crippen LogP contribution in [-0.2, 0) is 6.42 Å². The van der Waals surface area contributed by atoms with Crippen LogP contribution < -0.4 is 0 Å². The molecule has 0 saturated heterocycles. The Morgan fingerprint density at radius 3 is 3.08 bits per heavy atom. The van der Waals surface area contributed by atoms with Crippen molar-refractivity contribution in [2.45, 2.75) is 13.3 Å². The number of aromatic nitrogens is 1. The van der Waals surface area contributed by atoms with Crippen LogP contribution in [0.15, 0.2) is 22.7 Å². The third-order valence-corrected chi connectivity index (χ3v) is 1.93. The molecule has 0 bridgehead atoms. The van der Waals surface area contributed by atoms with Gasteiger partial charge in [0, 0.05) is 0 Å². The molecule has 1 aromatic heterocycles. The molecule has 0 aliphatic heterocycles. The molecular weight excluding hydrogens is 154 g/mol. The summed E-state index contributed by atoms with van der Waals surface area (Å²) in [5, 5.41) is 13.3. The molecule has 2 aromatic rings. The van der Waals surface area contributed by atoms with Crippen LogP contribution in [0, 0.1) is 0 Å². The molecule has 0 fully saturated rings. The first kappa shape index (κ1) is 7.16. The Hall–Kier alpha value is -1.51. The summed E-state index contributed by atoms with van der Waals surface area (Å²) in [4.78, 5) is 0. The van der Waals surface area contributed by atoms with Gasteiger partial charge in [0.15, 0.2) is 5.58 Å². The summed E-state index contributed by atoms with van der Waals surface area (Å²) >= 11 is 0. The Morgan fingerprint density at radius 2 is 2.33 bits per heavy atom. The van der Waals surface area contributed by atoms with E-state index in [0.717, 1.165) is 6.42 Å². The number of benzene rings is 1. The second-order valence-electron chi connectivity index (χ2n) is 2.69. The van der Waals surface area contributed by atoms with Crippen molar-refractivity contribution in [2.75, 3.05) is 0 Å². The first-order valence-electron chi connectivity index (χ1n) is 3.88. The van der Waals surface area contributed by atoms with Gasteiger partial charge in [0.25, 0.3) is 5.88 Å². The average Bonchev–Trinajstić information content (AvgIpc) is 2.47. The van der Waals surface area contributed by atoms with Crippen molar-refractivity contribution in [3.05, 3.63) is 23.8 Å². The van der Waals surface area contributed by atoms with Crippen molar-refractivity contribution in [2.24, 2.45) is 0 Å². The highest BCUT2D eigenvalue weighted by atomic mass is 16.5.